The Balaban J connectivity index is 2.38. The molecular weight excluding hydrogens is 372 g/mol. The van der Waals surface area contributed by atoms with Gasteiger partial charge in [0.05, 0.1) is 15.5 Å². The van der Waals surface area contributed by atoms with Gasteiger partial charge in [0.1, 0.15) is 0 Å². The third-order valence-corrected chi connectivity index (χ3v) is 7.41. The summed E-state index contributed by atoms with van der Waals surface area (Å²) in [5, 5.41) is 0. The molecular formula is C18H24N2O4S2. The van der Waals surface area contributed by atoms with E-state index in [1.54, 1.807) is 43.3 Å². The number of sulfonamides is 2. The van der Waals surface area contributed by atoms with Crippen LogP contribution in [0.25, 0.3) is 0 Å². The van der Waals surface area contributed by atoms with Crippen LogP contribution < -0.4 is 4.72 Å². The fraction of sp³-hybridized carbons (Fsp3) is 0.333. The highest BCUT2D eigenvalue weighted by Crippen LogP contribution is 2.25. The molecule has 0 radical (unpaired) electrons. The van der Waals surface area contributed by atoms with Gasteiger partial charge in [0.2, 0.25) is 10.0 Å². The molecule has 0 aliphatic heterocycles. The molecule has 0 saturated carbocycles. The van der Waals surface area contributed by atoms with E-state index >= 15 is 0 Å². The van der Waals surface area contributed by atoms with E-state index in [2.05, 4.69) is 4.72 Å². The van der Waals surface area contributed by atoms with Crippen LogP contribution in [-0.2, 0) is 20.0 Å². The SMILES string of the molecule is Cc1ccc(NS(=O)(=O)c2ccc(C(C)C)cc2)cc1S(=O)(=O)N(C)C. The highest BCUT2D eigenvalue weighted by molar-refractivity contribution is 7.92. The second kappa shape index (κ2) is 7.38. The van der Waals surface area contributed by atoms with E-state index in [1.807, 2.05) is 13.8 Å². The van der Waals surface area contributed by atoms with Crippen molar-refractivity contribution in [2.75, 3.05) is 18.8 Å². The summed E-state index contributed by atoms with van der Waals surface area (Å²) in [5.41, 5.74) is 1.78. The zero-order valence-corrected chi connectivity index (χ0v) is 17.1. The van der Waals surface area contributed by atoms with E-state index in [0.29, 0.717) is 11.5 Å². The first-order chi connectivity index (χ1) is 11.9. The maximum atomic E-state index is 12.6. The number of nitrogens with one attached hydrogen (secondary N) is 1. The topological polar surface area (TPSA) is 83.5 Å². The van der Waals surface area contributed by atoms with Crippen LogP contribution in [-0.4, -0.2) is 35.2 Å². The number of rotatable bonds is 6. The zero-order chi connectivity index (χ0) is 19.7. The largest absolute Gasteiger partial charge is 0.280 e. The average molecular weight is 397 g/mol. The molecule has 2 aromatic carbocycles. The number of anilines is 1. The van der Waals surface area contributed by atoms with Gasteiger partial charge in [0.15, 0.2) is 0 Å². The lowest BCUT2D eigenvalue weighted by Gasteiger charge is -2.15. The molecule has 0 fully saturated rings. The third-order valence-electron chi connectivity index (χ3n) is 4.06. The number of aryl methyl sites for hydroxylation is 1. The smallest absolute Gasteiger partial charge is 0.261 e. The Kier molecular flexibility index (Phi) is 5.79. The molecule has 2 aromatic rings. The number of hydrogen-bond donors (Lipinski definition) is 1. The van der Waals surface area contributed by atoms with E-state index in [4.69, 9.17) is 0 Å². The second-order valence-electron chi connectivity index (χ2n) is 6.60. The van der Waals surface area contributed by atoms with Gasteiger partial charge < -0.3 is 0 Å². The van der Waals surface area contributed by atoms with Gasteiger partial charge in [0, 0.05) is 14.1 Å². The Morgan fingerprint density at radius 2 is 1.50 bits per heavy atom. The molecule has 26 heavy (non-hydrogen) atoms. The van der Waals surface area contributed by atoms with Crippen LogP contribution in [0.5, 0.6) is 0 Å². The Hall–Kier alpha value is -1.90. The van der Waals surface area contributed by atoms with E-state index in [9.17, 15) is 16.8 Å². The molecule has 0 unspecified atom stereocenters. The van der Waals surface area contributed by atoms with Gasteiger partial charge in [-0.3, -0.25) is 4.72 Å². The summed E-state index contributed by atoms with van der Waals surface area (Å²) >= 11 is 0. The van der Waals surface area contributed by atoms with Crippen LogP contribution in [0, 0.1) is 6.92 Å². The van der Waals surface area contributed by atoms with Gasteiger partial charge in [-0.05, 0) is 48.2 Å². The molecule has 8 heteroatoms. The lowest BCUT2D eigenvalue weighted by atomic mass is 10.0. The van der Waals surface area contributed by atoms with Gasteiger partial charge in [-0.15, -0.1) is 0 Å². The van der Waals surface area contributed by atoms with Gasteiger partial charge >= 0.3 is 0 Å². The fourth-order valence-electron chi connectivity index (χ4n) is 2.38. The molecule has 6 nitrogen and oxygen atoms in total. The summed E-state index contributed by atoms with van der Waals surface area (Å²) in [6.45, 7) is 5.72. The van der Waals surface area contributed by atoms with Crippen molar-refractivity contribution < 1.29 is 16.8 Å². The van der Waals surface area contributed by atoms with Gasteiger partial charge in [-0.1, -0.05) is 32.0 Å². The van der Waals surface area contributed by atoms with Crippen LogP contribution in [0.1, 0.15) is 30.9 Å². The lowest BCUT2D eigenvalue weighted by Crippen LogP contribution is -2.23. The van der Waals surface area contributed by atoms with Crippen LogP contribution in [0.2, 0.25) is 0 Å². The number of benzene rings is 2. The van der Waals surface area contributed by atoms with Gasteiger partial charge in [-0.25, -0.2) is 21.1 Å². The van der Waals surface area contributed by atoms with Crippen LogP contribution in [0.15, 0.2) is 52.3 Å². The molecule has 0 aliphatic rings. The molecule has 2 rings (SSSR count). The van der Waals surface area contributed by atoms with Crippen molar-refractivity contribution in [2.24, 2.45) is 0 Å². The fourth-order valence-corrected chi connectivity index (χ4v) is 4.58. The van der Waals surface area contributed by atoms with Crippen LogP contribution >= 0.6 is 0 Å². The summed E-state index contributed by atoms with van der Waals surface area (Å²) in [4.78, 5) is 0.192. The molecule has 0 heterocycles. The maximum absolute atomic E-state index is 12.6. The molecule has 0 aliphatic carbocycles. The Morgan fingerprint density at radius 1 is 0.923 bits per heavy atom. The van der Waals surface area contributed by atoms with Crippen molar-refractivity contribution in [3.8, 4) is 0 Å². The number of hydrogen-bond acceptors (Lipinski definition) is 4. The van der Waals surface area contributed by atoms with Crippen molar-refractivity contribution in [1.29, 1.82) is 0 Å². The predicted octanol–water partition coefficient (Wildman–Crippen LogP) is 3.17. The summed E-state index contributed by atoms with van der Waals surface area (Å²) in [6, 6.07) is 11.1. The standard InChI is InChI=1S/C18H24N2O4S2/c1-13(2)15-7-10-17(11-8-15)25(21,22)19-16-9-6-14(3)18(12-16)26(23,24)20(4)5/h6-13,19H,1-5H3. The van der Waals surface area contributed by atoms with E-state index in [-0.39, 0.29) is 15.5 Å². The highest BCUT2D eigenvalue weighted by Gasteiger charge is 2.21. The molecule has 142 valence electrons. The normalized spacial score (nSPS) is 12.6. The first-order valence-corrected chi connectivity index (χ1v) is 11.0. The zero-order valence-electron chi connectivity index (χ0n) is 15.5. The van der Waals surface area contributed by atoms with E-state index in [1.165, 1.54) is 20.2 Å². The lowest BCUT2D eigenvalue weighted by molar-refractivity contribution is 0.520. The molecule has 0 aromatic heterocycles. The summed E-state index contributed by atoms with van der Waals surface area (Å²) in [5.74, 6) is 0.301. The van der Waals surface area contributed by atoms with Gasteiger partial charge in [0.25, 0.3) is 10.0 Å². The van der Waals surface area contributed by atoms with Crippen molar-refractivity contribution in [3.63, 3.8) is 0 Å². The average Bonchev–Trinajstić information content (AvgIpc) is 2.56. The summed E-state index contributed by atoms with van der Waals surface area (Å²) in [7, 11) is -4.61. The first kappa shape index (κ1) is 20.4. The van der Waals surface area contributed by atoms with Crippen molar-refractivity contribution in [3.05, 3.63) is 53.6 Å². The van der Waals surface area contributed by atoms with Crippen LogP contribution in [0.4, 0.5) is 5.69 Å². The van der Waals surface area contributed by atoms with Crippen molar-refractivity contribution >= 4 is 25.7 Å². The van der Waals surface area contributed by atoms with Crippen molar-refractivity contribution in [2.45, 2.75) is 36.5 Å². The first-order valence-electron chi connectivity index (χ1n) is 8.11. The quantitative estimate of drug-likeness (QED) is 0.813. The van der Waals surface area contributed by atoms with E-state index < -0.39 is 20.0 Å². The molecule has 0 bridgehead atoms. The predicted molar refractivity (Wildman–Crippen MR) is 103 cm³/mol. The monoisotopic (exact) mass is 396 g/mol. The summed E-state index contributed by atoms with van der Waals surface area (Å²) < 4.78 is 53.5. The molecule has 0 amide bonds. The number of nitrogens with zero attached hydrogens (tertiary/aromatic N) is 1. The molecule has 0 saturated heterocycles. The highest BCUT2D eigenvalue weighted by atomic mass is 32.2. The van der Waals surface area contributed by atoms with Gasteiger partial charge in [-0.2, -0.15) is 0 Å². The molecule has 0 spiro atoms. The third kappa shape index (κ3) is 4.25. The van der Waals surface area contributed by atoms with E-state index in [0.717, 1.165) is 9.87 Å². The second-order valence-corrected chi connectivity index (χ2v) is 10.4. The van der Waals surface area contributed by atoms with Crippen molar-refractivity contribution in [1.82, 2.24) is 4.31 Å². The minimum atomic E-state index is -3.81. The Morgan fingerprint density at radius 3 is 2.00 bits per heavy atom. The minimum absolute atomic E-state index is 0.0675. The summed E-state index contributed by atoms with van der Waals surface area (Å²) in [6.07, 6.45) is 0. The molecule has 1 N–H and O–H groups in total. The Bertz CT molecular complexity index is 994. The Labute approximate surface area is 156 Å². The maximum Gasteiger partial charge on any atom is 0.261 e. The minimum Gasteiger partial charge on any atom is -0.280 e. The molecule has 0 atom stereocenters. The van der Waals surface area contributed by atoms with Crippen LogP contribution in [0.3, 0.4) is 0 Å².